The van der Waals surface area contributed by atoms with Crippen LogP contribution in [0.5, 0.6) is 0 Å². The molecule has 0 aliphatic carbocycles. The molecule has 0 aromatic carbocycles. The molecule has 1 unspecified atom stereocenters. The molecular formula is C61H98O6. The standard InChI is InChI=1S/C61H98O6/c1-4-7-10-13-16-19-22-25-27-29-30-32-33-36-39-42-45-48-51-54-60(63)66-57-58(56-65-59(62)53-50-47-44-41-38-35-24-21-18-15-12-9-6-3)67-61(64)55-52-49-46-43-40-37-34-31-28-26-23-20-17-14-11-8-5-2/h7,10,12,15-17,19-21,24-28,30,32,36,39,45,48,58H,4-6,8-9,11,13-14,18,22-23,29,31,33-35,37-38,40-44,46-47,49-57H2,1-3H3/b10-7-,15-12-,19-16-,20-17-,24-21-,27-25-,28-26-,32-30-,39-36-,48-45-. The Labute approximate surface area is 412 Å². The van der Waals surface area contributed by atoms with Gasteiger partial charge in [0.1, 0.15) is 13.2 Å². The summed E-state index contributed by atoms with van der Waals surface area (Å²) in [6, 6.07) is 0. The SMILES string of the molecule is CC/C=C\C/C=C\C/C=C\C/C=C\C/C=C\C/C=C\CCC(=O)OCC(COC(=O)CCCCCCC/C=C\C/C=C\CCC)OC(=O)CCCCCCCCC/C=C\C/C=C\CCCCC. The Morgan fingerprint density at radius 1 is 0.313 bits per heavy atom. The van der Waals surface area contributed by atoms with Gasteiger partial charge in [-0.3, -0.25) is 14.4 Å². The van der Waals surface area contributed by atoms with Crippen molar-refractivity contribution in [1.29, 1.82) is 0 Å². The van der Waals surface area contributed by atoms with Gasteiger partial charge in [0.2, 0.25) is 0 Å². The molecular weight excluding hydrogens is 829 g/mol. The van der Waals surface area contributed by atoms with Gasteiger partial charge >= 0.3 is 17.9 Å². The summed E-state index contributed by atoms with van der Waals surface area (Å²) in [5, 5.41) is 0. The fourth-order valence-electron chi connectivity index (χ4n) is 6.89. The average molecular weight is 927 g/mol. The summed E-state index contributed by atoms with van der Waals surface area (Å²) in [4.78, 5) is 38.0. The molecule has 0 rings (SSSR count). The summed E-state index contributed by atoms with van der Waals surface area (Å²) in [6.07, 6.45) is 74.8. The first-order valence-electron chi connectivity index (χ1n) is 27.0. The lowest BCUT2D eigenvalue weighted by Gasteiger charge is -2.18. The van der Waals surface area contributed by atoms with Crippen LogP contribution in [-0.4, -0.2) is 37.2 Å². The molecule has 0 amide bonds. The topological polar surface area (TPSA) is 78.9 Å². The van der Waals surface area contributed by atoms with Crippen molar-refractivity contribution in [3.05, 3.63) is 122 Å². The highest BCUT2D eigenvalue weighted by Gasteiger charge is 2.19. The van der Waals surface area contributed by atoms with Crippen molar-refractivity contribution < 1.29 is 28.6 Å². The Kier molecular flexibility index (Phi) is 51.0. The predicted octanol–water partition coefficient (Wildman–Crippen LogP) is 18.1. The second kappa shape index (κ2) is 54.4. The smallest absolute Gasteiger partial charge is 0.306 e. The van der Waals surface area contributed by atoms with E-state index >= 15 is 0 Å². The van der Waals surface area contributed by atoms with Gasteiger partial charge < -0.3 is 14.2 Å². The molecule has 378 valence electrons. The van der Waals surface area contributed by atoms with Gasteiger partial charge in [0.15, 0.2) is 6.10 Å². The highest BCUT2D eigenvalue weighted by Crippen LogP contribution is 2.13. The first kappa shape index (κ1) is 62.8. The third-order valence-electron chi connectivity index (χ3n) is 10.9. The summed E-state index contributed by atoms with van der Waals surface area (Å²) >= 11 is 0. The van der Waals surface area contributed by atoms with Gasteiger partial charge in [-0.1, -0.05) is 213 Å². The number of esters is 3. The van der Waals surface area contributed by atoms with Crippen LogP contribution in [0.25, 0.3) is 0 Å². The van der Waals surface area contributed by atoms with Crippen LogP contribution in [0, 0.1) is 0 Å². The van der Waals surface area contributed by atoms with Crippen molar-refractivity contribution in [2.75, 3.05) is 13.2 Å². The fraction of sp³-hybridized carbons (Fsp3) is 0.623. The van der Waals surface area contributed by atoms with Crippen LogP contribution in [0.3, 0.4) is 0 Å². The maximum atomic E-state index is 12.8. The Hall–Kier alpha value is -4.19. The molecule has 0 saturated carbocycles. The maximum Gasteiger partial charge on any atom is 0.306 e. The molecule has 0 radical (unpaired) electrons. The zero-order valence-electron chi connectivity index (χ0n) is 43.1. The number of allylic oxidation sites excluding steroid dienone is 20. The van der Waals surface area contributed by atoms with Gasteiger partial charge in [-0.25, -0.2) is 0 Å². The Balaban J connectivity index is 4.54. The van der Waals surface area contributed by atoms with E-state index in [0.717, 1.165) is 122 Å². The molecule has 0 aliphatic heterocycles. The van der Waals surface area contributed by atoms with Gasteiger partial charge in [-0.2, -0.15) is 0 Å². The minimum atomic E-state index is -0.822. The van der Waals surface area contributed by atoms with Crippen LogP contribution in [-0.2, 0) is 28.6 Å². The van der Waals surface area contributed by atoms with E-state index in [4.69, 9.17) is 14.2 Å². The molecule has 1 atom stereocenters. The fourth-order valence-corrected chi connectivity index (χ4v) is 6.89. The van der Waals surface area contributed by atoms with Gasteiger partial charge in [0.05, 0.1) is 0 Å². The molecule has 67 heavy (non-hydrogen) atoms. The van der Waals surface area contributed by atoms with Gasteiger partial charge in [0.25, 0.3) is 0 Å². The summed E-state index contributed by atoms with van der Waals surface area (Å²) in [5.74, 6) is -1.03. The molecule has 6 heteroatoms. The van der Waals surface area contributed by atoms with Crippen LogP contribution < -0.4 is 0 Å². The van der Waals surface area contributed by atoms with E-state index < -0.39 is 6.10 Å². The van der Waals surface area contributed by atoms with Crippen LogP contribution >= 0.6 is 0 Å². The molecule has 6 nitrogen and oxygen atoms in total. The number of ether oxygens (including phenoxy) is 3. The first-order chi connectivity index (χ1) is 33.0. The highest BCUT2D eigenvalue weighted by molar-refractivity contribution is 5.71. The lowest BCUT2D eigenvalue weighted by molar-refractivity contribution is -0.166. The van der Waals surface area contributed by atoms with E-state index in [2.05, 4.69) is 130 Å². The number of unbranched alkanes of at least 4 members (excludes halogenated alkanes) is 16. The van der Waals surface area contributed by atoms with Crippen LogP contribution in [0.15, 0.2) is 122 Å². The Morgan fingerprint density at radius 2 is 0.642 bits per heavy atom. The van der Waals surface area contributed by atoms with Crippen molar-refractivity contribution >= 4 is 17.9 Å². The van der Waals surface area contributed by atoms with Gasteiger partial charge in [0, 0.05) is 19.3 Å². The number of carbonyl (C=O) groups excluding carboxylic acids is 3. The third-order valence-corrected chi connectivity index (χ3v) is 10.9. The van der Waals surface area contributed by atoms with E-state index in [9.17, 15) is 14.4 Å². The number of hydrogen-bond donors (Lipinski definition) is 0. The minimum Gasteiger partial charge on any atom is -0.462 e. The number of carbonyl (C=O) groups is 3. The van der Waals surface area contributed by atoms with Crippen molar-refractivity contribution in [1.82, 2.24) is 0 Å². The second-order valence-electron chi connectivity index (χ2n) is 17.4. The van der Waals surface area contributed by atoms with Crippen LogP contribution in [0.1, 0.15) is 226 Å². The molecule has 0 spiro atoms. The minimum absolute atomic E-state index is 0.115. The Bertz CT molecular complexity index is 1440. The molecule has 0 aromatic rings. The van der Waals surface area contributed by atoms with Crippen molar-refractivity contribution in [3.63, 3.8) is 0 Å². The van der Waals surface area contributed by atoms with E-state index in [-0.39, 0.29) is 37.5 Å². The lowest BCUT2D eigenvalue weighted by atomic mass is 10.1. The molecule has 0 N–H and O–H groups in total. The van der Waals surface area contributed by atoms with Crippen molar-refractivity contribution in [2.45, 2.75) is 232 Å². The number of rotatable bonds is 47. The van der Waals surface area contributed by atoms with E-state index in [1.54, 1.807) is 0 Å². The summed E-state index contributed by atoms with van der Waals surface area (Å²) in [6.45, 7) is 6.34. The predicted molar refractivity (Wildman–Crippen MR) is 288 cm³/mol. The molecule has 0 aliphatic rings. The molecule has 0 heterocycles. The quantitative estimate of drug-likeness (QED) is 0.0262. The summed E-state index contributed by atoms with van der Waals surface area (Å²) in [5.41, 5.74) is 0. The number of hydrogen-bond acceptors (Lipinski definition) is 6. The third kappa shape index (κ3) is 52.6. The largest absolute Gasteiger partial charge is 0.462 e. The van der Waals surface area contributed by atoms with E-state index in [1.807, 2.05) is 12.2 Å². The summed E-state index contributed by atoms with van der Waals surface area (Å²) in [7, 11) is 0. The van der Waals surface area contributed by atoms with Crippen molar-refractivity contribution in [2.24, 2.45) is 0 Å². The first-order valence-corrected chi connectivity index (χ1v) is 27.0. The highest BCUT2D eigenvalue weighted by atomic mass is 16.6. The molecule has 0 bridgehead atoms. The second-order valence-corrected chi connectivity index (χ2v) is 17.4. The van der Waals surface area contributed by atoms with E-state index in [1.165, 1.54) is 57.8 Å². The normalized spacial score (nSPS) is 13.1. The zero-order chi connectivity index (χ0) is 48.6. The lowest BCUT2D eigenvalue weighted by Crippen LogP contribution is -2.30. The van der Waals surface area contributed by atoms with Gasteiger partial charge in [-0.05, 0) is 116 Å². The van der Waals surface area contributed by atoms with Gasteiger partial charge in [-0.15, -0.1) is 0 Å². The Morgan fingerprint density at radius 3 is 1.06 bits per heavy atom. The zero-order valence-corrected chi connectivity index (χ0v) is 43.1. The molecule has 0 aromatic heterocycles. The van der Waals surface area contributed by atoms with E-state index in [0.29, 0.717) is 19.3 Å². The summed E-state index contributed by atoms with van der Waals surface area (Å²) < 4.78 is 16.7. The van der Waals surface area contributed by atoms with Crippen molar-refractivity contribution in [3.8, 4) is 0 Å². The average Bonchev–Trinajstić information content (AvgIpc) is 3.33. The molecule has 0 saturated heterocycles. The van der Waals surface area contributed by atoms with Crippen LogP contribution in [0.2, 0.25) is 0 Å². The monoisotopic (exact) mass is 927 g/mol. The maximum absolute atomic E-state index is 12.8. The van der Waals surface area contributed by atoms with Crippen LogP contribution in [0.4, 0.5) is 0 Å². The molecule has 0 fully saturated rings.